The number of hydrogen-bond acceptors (Lipinski definition) is 6. The van der Waals surface area contributed by atoms with E-state index in [1.165, 1.54) is 0 Å². The summed E-state index contributed by atoms with van der Waals surface area (Å²) in [6, 6.07) is -0.0208. The van der Waals surface area contributed by atoms with Crippen LogP contribution in [0.15, 0.2) is 20.9 Å². The lowest BCUT2D eigenvalue weighted by Crippen LogP contribution is -2.44. The molecule has 0 aliphatic carbocycles. The summed E-state index contributed by atoms with van der Waals surface area (Å²) >= 11 is 3.39. The zero-order valence-electron chi connectivity index (χ0n) is 12.6. The molecule has 1 aliphatic rings. The maximum Gasteiger partial charge on any atom is 0.191 e. The van der Waals surface area contributed by atoms with Gasteiger partial charge in [0.2, 0.25) is 0 Å². The van der Waals surface area contributed by atoms with Crippen LogP contribution in [0.3, 0.4) is 0 Å². The van der Waals surface area contributed by atoms with E-state index < -0.39 is 9.84 Å². The number of nitrogens with zero attached hydrogens (tertiary/aromatic N) is 2. The van der Waals surface area contributed by atoms with Gasteiger partial charge in [-0.15, -0.1) is 11.3 Å². The number of guanidine groups is 1. The van der Waals surface area contributed by atoms with Crippen LogP contribution >= 0.6 is 23.1 Å². The van der Waals surface area contributed by atoms with Crippen LogP contribution in [0.25, 0.3) is 0 Å². The summed E-state index contributed by atoms with van der Waals surface area (Å²) in [6.07, 6.45) is 3.43. The highest BCUT2D eigenvalue weighted by molar-refractivity contribution is 8.01. The van der Waals surface area contributed by atoms with E-state index in [1.807, 2.05) is 18.5 Å². The Balaban J connectivity index is 1.72. The number of thioether (sulfide) groups is 1. The number of thiazole rings is 1. The second kappa shape index (κ2) is 8.73. The third-order valence-corrected chi connectivity index (χ3v) is 6.95. The summed E-state index contributed by atoms with van der Waals surface area (Å²) in [5.41, 5.74) is 0. The molecule has 124 valence electrons. The van der Waals surface area contributed by atoms with Gasteiger partial charge in [0.25, 0.3) is 0 Å². The van der Waals surface area contributed by atoms with Gasteiger partial charge < -0.3 is 10.6 Å². The van der Waals surface area contributed by atoms with Crippen molar-refractivity contribution in [2.75, 3.05) is 30.3 Å². The molecule has 1 aromatic rings. The van der Waals surface area contributed by atoms with Crippen LogP contribution in [0, 0.1) is 0 Å². The minimum absolute atomic E-state index is 0.0208. The van der Waals surface area contributed by atoms with Crippen molar-refractivity contribution in [2.24, 2.45) is 4.99 Å². The Morgan fingerprint density at radius 1 is 1.59 bits per heavy atom. The van der Waals surface area contributed by atoms with Gasteiger partial charge in [-0.25, -0.2) is 13.4 Å². The standard InChI is InChI=1S/C13H22N4O2S3/c1-2-14-12(17-11-4-9-22(18,19)10-11)15-5-3-7-20-13-16-6-8-21-13/h6,8,11H,2-5,7,9-10H2,1H3,(H2,14,15,17). The van der Waals surface area contributed by atoms with Crippen molar-refractivity contribution in [1.82, 2.24) is 15.6 Å². The van der Waals surface area contributed by atoms with Gasteiger partial charge in [-0.2, -0.15) is 0 Å². The Hall–Kier alpha value is -0.800. The van der Waals surface area contributed by atoms with Crippen molar-refractivity contribution < 1.29 is 8.42 Å². The van der Waals surface area contributed by atoms with Crippen LogP contribution in [0.1, 0.15) is 19.8 Å². The zero-order chi connectivity index (χ0) is 15.8. The summed E-state index contributed by atoms with van der Waals surface area (Å²) in [4.78, 5) is 8.74. The number of sulfone groups is 1. The van der Waals surface area contributed by atoms with Crippen molar-refractivity contribution >= 4 is 38.9 Å². The molecule has 0 bridgehead atoms. The minimum atomic E-state index is -2.86. The Morgan fingerprint density at radius 2 is 2.45 bits per heavy atom. The lowest BCUT2D eigenvalue weighted by atomic mass is 10.3. The summed E-state index contributed by atoms with van der Waals surface area (Å²) in [6.45, 7) is 3.48. The van der Waals surface area contributed by atoms with Crippen molar-refractivity contribution in [3.63, 3.8) is 0 Å². The minimum Gasteiger partial charge on any atom is -0.357 e. The van der Waals surface area contributed by atoms with Gasteiger partial charge in [0.1, 0.15) is 4.34 Å². The highest BCUT2D eigenvalue weighted by atomic mass is 32.2. The fraction of sp³-hybridized carbons (Fsp3) is 0.692. The molecule has 1 fully saturated rings. The predicted molar refractivity (Wildman–Crippen MR) is 93.6 cm³/mol. The first-order chi connectivity index (χ1) is 10.6. The molecular formula is C13H22N4O2S3. The molecule has 1 atom stereocenters. The first-order valence-electron chi connectivity index (χ1n) is 7.36. The quantitative estimate of drug-likeness (QED) is 0.330. The maximum atomic E-state index is 11.5. The Bertz CT molecular complexity index is 572. The molecule has 6 nitrogen and oxygen atoms in total. The lowest BCUT2D eigenvalue weighted by molar-refractivity contribution is 0.599. The van der Waals surface area contributed by atoms with E-state index in [4.69, 9.17) is 0 Å². The van der Waals surface area contributed by atoms with Gasteiger partial charge in [-0.05, 0) is 19.8 Å². The van der Waals surface area contributed by atoms with Gasteiger partial charge >= 0.3 is 0 Å². The number of nitrogens with one attached hydrogen (secondary N) is 2. The highest BCUT2D eigenvalue weighted by Gasteiger charge is 2.28. The van der Waals surface area contributed by atoms with Crippen molar-refractivity contribution in [3.8, 4) is 0 Å². The molecule has 2 rings (SSSR count). The average molecular weight is 363 g/mol. The van der Waals surface area contributed by atoms with E-state index in [-0.39, 0.29) is 17.5 Å². The van der Waals surface area contributed by atoms with Gasteiger partial charge in [0.15, 0.2) is 15.8 Å². The van der Waals surface area contributed by atoms with E-state index in [0.717, 1.165) is 23.1 Å². The molecule has 0 radical (unpaired) electrons. The van der Waals surface area contributed by atoms with Gasteiger partial charge in [-0.3, -0.25) is 4.99 Å². The summed E-state index contributed by atoms with van der Waals surface area (Å²) in [5, 5.41) is 8.36. The topological polar surface area (TPSA) is 83.4 Å². The molecule has 1 saturated heterocycles. The van der Waals surface area contributed by atoms with E-state index in [2.05, 4.69) is 20.6 Å². The van der Waals surface area contributed by atoms with Gasteiger partial charge in [0.05, 0.1) is 11.5 Å². The highest BCUT2D eigenvalue weighted by Crippen LogP contribution is 2.20. The second-order valence-corrected chi connectivity index (χ2v) is 9.47. The Labute approximate surface area is 140 Å². The maximum absolute atomic E-state index is 11.5. The van der Waals surface area contributed by atoms with E-state index in [1.54, 1.807) is 23.1 Å². The van der Waals surface area contributed by atoms with Crippen LogP contribution in [0.5, 0.6) is 0 Å². The Kier molecular flexibility index (Phi) is 6.97. The third-order valence-electron chi connectivity index (χ3n) is 3.13. The number of rotatable bonds is 7. The number of aromatic nitrogens is 1. The number of aliphatic imine (C=N–C) groups is 1. The fourth-order valence-electron chi connectivity index (χ4n) is 2.12. The first-order valence-corrected chi connectivity index (χ1v) is 11.1. The van der Waals surface area contributed by atoms with Crippen LogP contribution < -0.4 is 10.6 Å². The third kappa shape index (κ3) is 6.13. The molecule has 2 N–H and O–H groups in total. The normalized spacial score (nSPS) is 21.0. The molecule has 2 heterocycles. The predicted octanol–water partition coefficient (Wildman–Crippen LogP) is 1.37. The summed E-state index contributed by atoms with van der Waals surface area (Å²) in [5.74, 6) is 2.17. The van der Waals surface area contributed by atoms with E-state index in [9.17, 15) is 8.42 Å². The molecule has 1 unspecified atom stereocenters. The van der Waals surface area contributed by atoms with Crippen molar-refractivity contribution in [3.05, 3.63) is 11.6 Å². The van der Waals surface area contributed by atoms with E-state index >= 15 is 0 Å². The molecule has 0 amide bonds. The molecule has 0 spiro atoms. The van der Waals surface area contributed by atoms with Crippen LogP contribution in [-0.2, 0) is 9.84 Å². The van der Waals surface area contributed by atoms with Gasteiger partial charge in [0, 0.05) is 36.5 Å². The van der Waals surface area contributed by atoms with Crippen molar-refractivity contribution in [2.45, 2.75) is 30.1 Å². The number of hydrogen-bond donors (Lipinski definition) is 2. The van der Waals surface area contributed by atoms with Crippen LogP contribution in [0.4, 0.5) is 0 Å². The Morgan fingerprint density at radius 3 is 3.09 bits per heavy atom. The second-order valence-electron chi connectivity index (χ2n) is 5.00. The lowest BCUT2D eigenvalue weighted by Gasteiger charge is -2.15. The largest absolute Gasteiger partial charge is 0.357 e. The van der Waals surface area contributed by atoms with Gasteiger partial charge in [-0.1, -0.05) is 11.8 Å². The smallest absolute Gasteiger partial charge is 0.191 e. The fourth-order valence-corrected chi connectivity index (χ4v) is 5.42. The molecule has 1 aromatic heterocycles. The van der Waals surface area contributed by atoms with Crippen LogP contribution in [-0.4, -0.2) is 55.8 Å². The monoisotopic (exact) mass is 362 g/mol. The molecule has 9 heteroatoms. The molecular weight excluding hydrogens is 340 g/mol. The van der Waals surface area contributed by atoms with Crippen LogP contribution in [0.2, 0.25) is 0 Å². The zero-order valence-corrected chi connectivity index (χ0v) is 15.1. The first kappa shape index (κ1) is 17.6. The van der Waals surface area contributed by atoms with E-state index in [0.29, 0.717) is 18.9 Å². The summed E-state index contributed by atoms with van der Waals surface area (Å²) < 4.78 is 24.1. The molecule has 22 heavy (non-hydrogen) atoms. The molecule has 1 aliphatic heterocycles. The summed E-state index contributed by atoms with van der Waals surface area (Å²) in [7, 11) is -2.86. The molecule has 0 saturated carbocycles. The van der Waals surface area contributed by atoms with Crippen molar-refractivity contribution in [1.29, 1.82) is 0 Å². The molecule has 0 aromatic carbocycles. The SMILES string of the molecule is CCNC(=NCCCSc1nccs1)NC1CCS(=O)(=O)C1. The average Bonchev–Trinajstić information content (AvgIpc) is 3.08.